The molecule has 0 spiro atoms. The Hall–Kier alpha value is -3.92. The van der Waals surface area contributed by atoms with Gasteiger partial charge >= 0.3 is 18.2 Å². The highest BCUT2D eigenvalue weighted by molar-refractivity contribution is 6.00. The first-order valence-corrected chi connectivity index (χ1v) is 13.2. The lowest BCUT2D eigenvalue weighted by Crippen LogP contribution is -2.61. The van der Waals surface area contributed by atoms with Crippen LogP contribution in [0.25, 0.3) is 11.1 Å². The summed E-state index contributed by atoms with van der Waals surface area (Å²) in [6, 6.07) is 12.5. The SMILES string of the molecule is CC(C)[C@@H](C(=O)N(C(=O)OC(C)(C)C)[C@@H](C(=O)O)[C@@H](C)O)N(C)C(=O)OCC1c2ccccc2-c2ccccc21. The topological polar surface area (TPSA) is 134 Å². The molecule has 0 saturated carbocycles. The third-order valence-corrected chi connectivity index (χ3v) is 6.74. The summed E-state index contributed by atoms with van der Waals surface area (Å²) in [5.41, 5.74) is 3.12. The fourth-order valence-corrected chi connectivity index (χ4v) is 5.03. The smallest absolute Gasteiger partial charge is 0.418 e. The first-order valence-electron chi connectivity index (χ1n) is 13.2. The molecule has 3 amide bonds. The minimum atomic E-state index is -1.93. The number of carboxylic acids is 1. The number of hydrogen-bond donors (Lipinski definition) is 2. The molecule has 2 aromatic rings. The summed E-state index contributed by atoms with van der Waals surface area (Å²) >= 11 is 0. The second kappa shape index (κ2) is 12.1. The van der Waals surface area contributed by atoms with Gasteiger partial charge in [-0.05, 0) is 55.9 Å². The number of benzene rings is 2. The molecule has 10 nitrogen and oxygen atoms in total. The third-order valence-electron chi connectivity index (χ3n) is 6.74. The Morgan fingerprint density at radius 2 is 1.38 bits per heavy atom. The number of carboxylic acid groups (broad SMARTS) is 1. The first kappa shape index (κ1) is 30.6. The Morgan fingerprint density at radius 1 is 0.875 bits per heavy atom. The fraction of sp³-hybridized carbons (Fsp3) is 0.467. The van der Waals surface area contributed by atoms with E-state index in [4.69, 9.17) is 9.47 Å². The molecule has 0 bridgehead atoms. The van der Waals surface area contributed by atoms with E-state index in [-0.39, 0.29) is 12.5 Å². The Balaban J connectivity index is 1.87. The number of carbonyl (C=O) groups excluding carboxylic acids is 3. The lowest BCUT2D eigenvalue weighted by Gasteiger charge is -2.37. The van der Waals surface area contributed by atoms with E-state index in [1.54, 1.807) is 34.6 Å². The van der Waals surface area contributed by atoms with Gasteiger partial charge in [-0.3, -0.25) is 9.69 Å². The van der Waals surface area contributed by atoms with Gasteiger partial charge in [0.1, 0.15) is 18.2 Å². The zero-order chi connectivity index (χ0) is 29.9. The summed E-state index contributed by atoms with van der Waals surface area (Å²) in [6.45, 7) is 9.17. The molecule has 0 unspecified atom stereocenters. The number of nitrogens with zero attached hydrogens (tertiary/aromatic N) is 2. The normalized spacial score (nSPS) is 14.9. The van der Waals surface area contributed by atoms with Crippen LogP contribution in [-0.2, 0) is 19.1 Å². The van der Waals surface area contributed by atoms with Crippen LogP contribution >= 0.6 is 0 Å². The van der Waals surface area contributed by atoms with Gasteiger partial charge < -0.3 is 19.7 Å². The van der Waals surface area contributed by atoms with Gasteiger partial charge in [0, 0.05) is 13.0 Å². The van der Waals surface area contributed by atoms with Crippen LogP contribution in [0.5, 0.6) is 0 Å². The van der Waals surface area contributed by atoms with Crippen molar-refractivity contribution in [2.45, 2.75) is 71.2 Å². The third kappa shape index (κ3) is 6.44. The van der Waals surface area contributed by atoms with Gasteiger partial charge in [-0.2, -0.15) is 0 Å². The molecule has 3 atom stereocenters. The molecule has 10 heteroatoms. The van der Waals surface area contributed by atoms with Crippen molar-refractivity contribution in [1.82, 2.24) is 9.80 Å². The Labute approximate surface area is 234 Å². The molecule has 0 saturated heterocycles. The van der Waals surface area contributed by atoms with Crippen molar-refractivity contribution in [3.05, 3.63) is 59.7 Å². The lowest BCUT2D eigenvalue weighted by atomic mass is 9.98. The van der Waals surface area contributed by atoms with Crippen LogP contribution < -0.4 is 0 Å². The second-order valence-electron chi connectivity index (χ2n) is 11.3. The fourth-order valence-electron chi connectivity index (χ4n) is 5.03. The number of likely N-dealkylation sites (N-methyl/N-ethyl adjacent to an activating group) is 1. The second-order valence-corrected chi connectivity index (χ2v) is 11.3. The van der Waals surface area contributed by atoms with Crippen LogP contribution in [0.15, 0.2) is 48.5 Å². The number of hydrogen-bond acceptors (Lipinski definition) is 7. The molecule has 40 heavy (non-hydrogen) atoms. The van der Waals surface area contributed by atoms with Gasteiger partial charge in [0.15, 0.2) is 6.04 Å². The maximum absolute atomic E-state index is 13.8. The number of aliphatic hydroxyl groups is 1. The molecule has 216 valence electrons. The number of fused-ring (bicyclic) bond motifs is 3. The molecular formula is C30H38N2O8. The van der Waals surface area contributed by atoms with Crippen molar-refractivity contribution >= 4 is 24.1 Å². The van der Waals surface area contributed by atoms with Crippen LogP contribution in [0, 0.1) is 5.92 Å². The molecule has 3 rings (SSSR count). The van der Waals surface area contributed by atoms with Crippen LogP contribution in [0.4, 0.5) is 9.59 Å². The van der Waals surface area contributed by atoms with E-state index >= 15 is 0 Å². The number of aliphatic carboxylic acids is 1. The monoisotopic (exact) mass is 554 g/mol. The zero-order valence-electron chi connectivity index (χ0n) is 24.0. The minimum absolute atomic E-state index is 0.0113. The van der Waals surface area contributed by atoms with Gasteiger partial charge in [0.05, 0.1) is 6.10 Å². The lowest BCUT2D eigenvalue weighted by molar-refractivity contribution is -0.156. The summed E-state index contributed by atoms with van der Waals surface area (Å²) < 4.78 is 11.0. The highest BCUT2D eigenvalue weighted by atomic mass is 16.6. The summed E-state index contributed by atoms with van der Waals surface area (Å²) in [7, 11) is 1.35. The van der Waals surface area contributed by atoms with Crippen LogP contribution in [0.1, 0.15) is 58.6 Å². The Morgan fingerprint density at radius 3 is 1.80 bits per heavy atom. The standard InChI is InChI=1S/C30H38N2O8/c1-17(2)24(26(34)32(25(18(3)33)27(35)36)29(38)40-30(4,5)6)31(7)28(37)39-16-23-21-14-10-8-12-19(21)20-13-9-11-15-22(20)23/h8-15,17-18,23-25,33H,16H2,1-7H3,(H,35,36)/t18-,24+,25-/m1/s1. The highest BCUT2D eigenvalue weighted by Gasteiger charge is 2.45. The summed E-state index contributed by atoms with van der Waals surface area (Å²) in [5.74, 6) is -3.36. The van der Waals surface area contributed by atoms with Gasteiger partial charge in [-0.25, -0.2) is 19.3 Å². The van der Waals surface area contributed by atoms with E-state index in [0.29, 0.717) is 4.90 Å². The van der Waals surface area contributed by atoms with E-state index in [1.807, 2.05) is 48.5 Å². The largest absolute Gasteiger partial charge is 0.480 e. The van der Waals surface area contributed by atoms with Crippen molar-refractivity contribution in [1.29, 1.82) is 0 Å². The average molecular weight is 555 g/mol. The highest BCUT2D eigenvalue weighted by Crippen LogP contribution is 2.44. The Kier molecular flexibility index (Phi) is 9.25. The zero-order valence-corrected chi connectivity index (χ0v) is 24.0. The molecule has 0 fully saturated rings. The molecule has 1 aliphatic rings. The number of rotatable bonds is 8. The Bertz CT molecular complexity index is 1220. The maximum Gasteiger partial charge on any atom is 0.418 e. The number of aliphatic hydroxyl groups excluding tert-OH is 1. The van der Waals surface area contributed by atoms with E-state index in [9.17, 15) is 29.4 Å². The maximum atomic E-state index is 13.8. The van der Waals surface area contributed by atoms with E-state index in [2.05, 4.69) is 0 Å². The quantitative estimate of drug-likeness (QED) is 0.488. The van der Waals surface area contributed by atoms with Crippen molar-refractivity contribution in [2.75, 3.05) is 13.7 Å². The molecular weight excluding hydrogens is 516 g/mol. The summed E-state index contributed by atoms with van der Waals surface area (Å²) in [4.78, 5) is 53.6. The van der Waals surface area contributed by atoms with Crippen molar-refractivity contribution < 1.29 is 38.9 Å². The number of amides is 3. The molecule has 2 N–H and O–H groups in total. The van der Waals surface area contributed by atoms with Crippen molar-refractivity contribution in [3.63, 3.8) is 0 Å². The predicted octanol–water partition coefficient (Wildman–Crippen LogP) is 4.49. The van der Waals surface area contributed by atoms with E-state index < -0.39 is 53.8 Å². The van der Waals surface area contributed by atoms with Gasteiger partial charge in [-0.1, -0.05) is 62.4 Å². The van der Waals surface area contributed by atoms with Gasteiger partial charge in [0.25, 0.3) is 5.91 Å². The van der Waals surface area contributed by atoms with E-state index in [1.165, 1.54) is 7.05 Å². The molecule has 1 aliphatic carbocycles. The molecule has 0 radical (unpaired) electrons. The number of imide groups is 1. The van der Waals surface area contributed by atoms with Crippen LogP contribution in [0.2, 0.25) is 0 Å². The van der Waals surface area contributed by atoms with E-state index in [0.717, 1.165) is 34.1 Å². The summed E-state index contributed by atoms with van der Waals surface area (Å²) in [5, 5.41) is 20.0. The number of ether oxygens (including phenoxy) is 2. The molecule has 0 heterocycles. The van der Waals surface area contributed by atoms with Crippen molar-refractivity contribution in [2.24, 2.45) is 5.92 Å². The van der Waals surface area contributed by atoms with Crippen LogP contribution in [-0.4, -0.2) is 81.5 Å². The molecule has 0 aliphatic heterocycles. The minimum Gasteiger partial charge on any atom is -0.480 e. The first-order chi connectivity index (χ1) is 18.7. The molecule has 0 aromatic heterocycles. The number of carbonyl (C=O) groups is 4. The van der Waals surface area contributed by atoms with Crippen LogP contribution in [0.3, 0.4) is 0 Å². The summed E-state index contributed by atoms with van der Waals surface area (Å²) in [6.07, 6.45) is -3.67. The van der Waals surface area contributed by atoms with Gasteiger partial charge in [-0.15, -0.1) is 0 Å². The van der Waals surface area contributed by atoms with Crippen molar-refractivity contribution in [3.8, 4) is 11.1 Å². The predicted molar refractivity (Wildman–Crippen MR) is 148 cm³/mol. The van der Waals surface area contributed by atoms with Gasteiger partial charge in [0.2, 0.25) is 0 Å². The average Bonchev–Trinajstić information content (AvgIpc) is 3.17. The molecule has 2 aromatic carbocycles.